The quantitative estimate of drug-likeness (QED) is 0.884. The zero-order chi connectivity index (χ0) is 15.9. The van der Waals surface area contributed by atoms with E-state index in [-0.39, 0.29) is 5.69 Å². The lowest BCUT2D eigenvalue weighted by molar-refractivity contribution is 0.246. The first kappa shape index (κ1) is 15.0. The number of aromatic amines is 1. The van der Waals surface area contributed by atoms with E-state index < -0.39 is 0 Å². The Morgan fingerprint density at radius 3 is 3.00 bits per heavy atom. The summed E-state index contributed by atoms with van der Waals surface area (Å²) in [5.41, 5.74) is 8.41. The van der Waals surface area contributed by atoms with Gasteiger partial charge in [0.2, 0.25) is 0 Å². The average Bonchev–Trinajstić information content (AvgIpc) is 3.18. The molecule has 124 valence electrons. The number of likely N-dealkylation sites (tertiary alicyclic amines) is 1. The molecular formula is C18H26N4O. The highest BCUT2D eigenvalue weighted by Gasteiger charge is 2.47. The van der Waals surface area contributed by atoms with Gasteiger partial charge in [0, 0.05) is 19.6 Å². The highest BCUT2D eigenvalue weighted by Crippen LogP contribution is 2.47. The number of imidazole rings is 1. The number of aromatic nitrogens is 2. The lowest BCUT2D eigenvalue weighted by atomic mass is 9.81. The summed E-state index contributed by atoms with van der Waals surface area (Å²) in [7, 11) is 0. The first-order valence-corrected chi connectivity index (χ1v) is 8.82. The maximum absolute atomic E-state index is 12.1. The summed E-state index contributed by atoms with van der Waals surface area (Å²) in [4.78, 5) is 17.6. The van der Waals surface area contributed by atoms with E-state index in [2.05, 4.69) is 9.88 Å². The number of aryl methyl sites for hydroxylation is 1. The van der Waals surface area contributed by atoms with Crippen molar-refractivity contribution in [2.24, 2.45) is 17.1 Å². The Labute approximate surface area is 136 Å². The highest BCUT2D eigenvalue weighted by molar-refractivity contribution is 5.74. The van der Waals surface area contributed by atoms with Crippen molar-refractivity contribution in [1.29, 1.82) is 0 Å². The standard InChI is InChI=1S/C18H26N4O/c19-12-18-8-3-5-14(18)11-21(13-18)9-4-10-22-16-7-2-1-6-15(16)20-17(22)23/h1-2,6-7,14H,3-5,8-13,19H2,(H,20,23)/t14-,18-/m0/s1. The van der Waals surface area contributed by atoms with Crippen LogP contribution in [0.15, 0.2) is 29.1 Å². The van der Waals surface area contributed by atoms with Gasteiger partial charge in [-0.15, -0.1) is 0 Å². The summed E-state index contributed by atoms with van der Waals surface area (Å²) < 4.78 is 1.87. The van der Waals surface area contributed by atoms with Gasteiger partial charge in [-0.05, 0) is 55.8 Å². The van der Waals surface area contributed by atoms with Gasteiger partial charge in [-0.1, -0.05) is 18.6 Å². The van der Waals surface area contributed by atoms with Crippen LogP contribution in [-0.2, 0) is 6.54 Å². The van der Waals surface area contributed by atoms with E-state index in [1.54, 1.807) is 0 Å². The van der Waals surface area contributed by atoms with E-state index in [4.69, 9.17) is 5.73 Å². The number of nitrogens with two attached hydrogens (primary N) is 1. The van der Waals surface area contributed by atoms with E-state index in [1.165, 1.54) is 25.8 Å². The molecule has 4 rings (SSSR count). The van der Waals surface area contributed by atoms with Crippen LogP contribution in [0.2, 0.25) is 0 Å². The Morgan fingerprint density at radius 2 is 2.17 bits per heavy atom. The minimum atomic E-state index is 0.00270. The van der Waals surface area contributed by atoms with Gasteiger partial charge in [0.15, 0.2) is 0 Å². The van der Waals surface area contributed by atoms with Crippen molar-refractivity contribution in [2.75, 3.05) is 26.2 Å². The van der Waals surface area contributed by atoms with Gasteiger partial charge in [0.05, 0.1) is 11.0 Å². The van der Waals surface area contributed by atoms with Gasteiger partial charge in [-0.2, -0.15) is 0 Å². The minimum absolute atomic E-state index is 0.00270. The summed E-state index contributed by atoms with van der Waals surface area (Å²) in [6.45, 7) is 5.01. The summed E-state index contributed by atoms with van der Waals surface area (Å²) >= 11 is 0. The molecule has 23 heavy (non-hydrogen) atoms. The number of rotatable bonds is 5. The van der Waals surface area contributed by atoms with Crippen LogP contribution in [0.3, 0.4) is 0 Å². The van der Waals surface area contributed by atoms with Gasteiger partial charge in [0.25, 0.3) is 0 Å². The molecule has 5 heteroatoms. The molecule has 1 aromatic heterocycles. The first-order chi connectivity index (χ1) is 11.2. The second kappa shape index (κ2) is 5.80. The largest absolute Gasteiger partial charge is 0.330 e. The van der Waals surface area contributed by atoms with Crippen molar-refractivity contribution in [3.63, 3.8) is 0 Å². The zero-order valence-corrected chi connectivity index (χ0v) is 13.6. The van der Waals surface area contributed by atoms with Gasteiger partial charge in [-0.3, -0.25) is 4.57 Å². The van der Waals surface area contributed by atoms with Crippen molar-refractivity contribution < 1.29 is 0 Å². The number of para-hydroxylation sites is 2. The molecule has 0 amide bonds. The van der Waals surface area contributed by atoms with Gasteiger partial charge < -0.3 is 15.6 Å². The molecule has 2 aromatic rings. The maximum atomic E-state index is 12.1. The monoisotopic (exact) mass is 314 g/mol. The molecule has 3 N–H and O–H groups in total. The van der Waals surface area contributed by atoms with Crippen LogP contribution in [0, 0.1) is 11.3 Å². The van der Waals surface area contributed by atoms with Crippen LogP contribution in [0.1, 0.15) is 25.7 Å². The van der Waals surface area contributed by atoms with Crippen molar-refractivity contribution in [1.82, 2.24) is 14.5 Å². The van der Waals surface area contributed by atoms with Crippen LogP contribution in [0.4, 0.5) is 0 Å². The average molecular weight is 314 g/mol. The maximum Gasteiger partial charge on any atom is 0.326 e. The Bertz CT molecular complexity index is 749. The fourth-order valence-corrected chi connectivity index (χ4v) is 4.81. The molecule has 1 aromatic carbocycles. The summed E-state index contributed by atoms with van der Waals surface area (Å²) in [6, 6.07) is 7.91. The van der Waals surface area contributed by atoms with E-state index in [9.17, 15) is 4.79 Å². The molecule has 2 atom stereocenters. The van der Waals surface area contributed by atoms with Crippen LogP contribution in [0.25, 0.3) is 11.0 Å². The Hall–Kier alpha value is -1.59. The highest BCUT2D eigenvalue weighted by atomic mass is 16.1. The van der Waals surface area contributed by atoms with E-state index in [1.807, 2.05) is 28.8 Å². The molecule has 0 unspecified atom stereocenters. The number of H-pyrrole nitrogens is 1. The third-order valence-electron chi connectivity index (χ3n) is 6.05. The van der Waals surface area contributed by atoms with Crippen LogP contribution >= 0.6 is 0 Å². The SMILES string of the molecule is NC[C@]12CCC[C@H]1CN(CCCn1c(=O)[nH]c3ccccc31)C2. The molecule has 2 heterocycles. The number of hydrogen-bond donors (Lipinski definition) is 2. The molecule has 2 fully saturated rings. The lowest BCUT2D eigenvalue weighted by Gasteiger charge is -2.27. The third-order valence-corrected chi connectivity index (χ3v) is 6.05. The Balaban J connectivity index is 1.39. The van der Waals surface area contributed by atoms with E-state index in [0.29, 0.717) is 5.41 Å². The fourth-order valence-electron chi connectivity index (χ4n) is 4.81. The molecule has 1 aliphatic carbocycles. The lowest BCUT2D eigenvalue weighted by Crippen LogP contribution is -2.35. The van der Waals surface area contributed by atoms with Gasteiger partial charge in [0.1, 0.15) is 0 Å². The van der Waals surface area contributed by atoms with Crippen LogP contribution < -0.4 is 11.4 Å². The van der Waals surface area contributed by atoms with Crippen LogP contribution in [-0.4, -0.2) is 40.6 Å². The summed E-state index contributed by atoms with van der Waals surface area (Å²) in [5, 5.41) is 0. The fraction of sp³-hybridized carbons (Fsp3) is 0.611. The number of nitrogens with one attached hydrogen (secondary N) is 1. The minimum Gasteiger partial charge on any atom is -0.330 e. The Kier molecular flexibility index (Phi) is 3.77. The second-order valence-corrected chi connectivity index (χ2v) is 7.34. The molecule has 1 saturated carbocycles. The van der Waals surface area contributed by atoms with Gasteiger partial charge >= 0.3 is 5.69 Å². The van der Waals surface area contributed by atoms with Crippen molar-refractivity contribution >= 4 is 11.0 Å². The number of fused-ring (bicyclic) bond motifs is 2. The smallest absolute Gasteiger partial charge is 0.326 e. The summed E-state index contributed by atoms with van der Waals surface area (Å²) in [6.07, 6.45) is 5.00. The van der Waals surface area contributed by atoms with E-state index in [0.717, 1.165) is 49.6 Å². The molecule has 0 bridgehead atoms. The molecule has 0 radical (unpaired) electrons. The molecule has 1 aliphatic heterocycles. The number of benzene rings is 1. The Morgan fingerprint density at radius 1 is 1.30 bits per heavy atom. The molecule has 1 saturated heterocycles. The predicted molar refractivity (Wildman–Crippen MR) is 92.4 cm³/mol. The summed E-state index contributed by atoms with van der Waals surface area (Å²) in [5.74, 6) is 0.795. The van der Waals surface area contributed by atoms with Crippen molar-refractivity contribution in [2.45, 2.75) is 32.2 Å². The number of nitrogens with zero attached hydrogens (tertiary/aromatic N) is 2. The molecular weight excluding hydrogens is 288 g/mol. The zero-order valence-electron chi connectivity index (χ0n) is 13.6. The molecule has 2 aliphatic rings. The molecule has 0 spiro atoms. The predicted octanol–water partition coefficient (Wildman–Crippen LogP) is 1.78. The second-order valence-electron chi connectivity index (χ2n) is 7.34. The van der Waals surface area contributed by atoms with E-state index >= 15 is 0 Å². The van der Waals surface area contributed by atoms with Crippen molar-refractivity contribution in [3.8, 4) is 0 Å². The van der Waals surface area contributed by atoms with Gasteiger partial charge in [-0.25, -0.2) is 4.79 Å². The topological polar surface area (TPSA) is 67.0 Å². The first-order valence-electron chi connectivity index (χ1n) is 8.82. The van der Waals surface area contributed by atoms with Crippen molar-refractivity contribution in [3.05, 3.63) is 34.7 Å². The number of hydrogen-bond acceptors (Lipinski definition) is 3. The third kappa shape index (κ3) is 2.52. The van der Waals surface area contributed by atoms with Crippen LogP contribution in [0.5, 0.6) is 0 Å². The normalized spacial score (nSPS) is 27.8. The molecule has 5 nitrogen and oxygen atoms in total.